The smallest absolute Gasteiger partial charge is 0.407 e. The molecule has 3 aliphatic rings. The molecule has 2 aromatic carbocycles. The Labute approximate surface area is 347 Å². The molecule has 3 fully saturated rings. The number of imidazole rings is 1. The molecule has 0 radical (unpaired) electrons. The Morgan fingerprint density at radius 3 is 2.27 bits per heavy atom. The van der Waals surface area contributed by atoms with Crippen molar-refractivity contribution in [2.75, 3.05) is 37.0 Å². The molecule has 13 heteroatoms. The van der Waals surface area contributed by atoms with Crippen molar-refractivity contribution in [1.29, 1.82) is 0 Å². The van der Waals surface area contributed by atoms with Crippen LogP contribution in [0.5, 0.6) is 0 Å². The Bertz CT molecular complexity index is 2230. The molecule has 1 unspecified atom stereocenters. The van der Waals surface area contributed by atoms with Gasteiger partial charge in [-0.05, 0) is 111 Å². The number of H-pyrrole nitrogens is 1. The minimum absolute atomic E-state index is 0.0776. The van der Waals surface area contributed by atoms with Crippen LogP contribution < -0.4 is 15.5 Å². The highest BCUT2D eigenvalue weighted by atomic mass is 16.5. The van der Waals surface area contributed by atoms with Gasteiger partial charge in [0.2, 0.25) is 11.8 Å². The number of alkyl carbamates (subject to hydrolysis) is 1. The molecule has 2 aromatic heterocycles. The number of anilines is 2. The Kier molecular flexibility index (Phi) is 11.6. The summed E-state index contributed by atoms with van der Waals surface area (Å²) in [7, 11) is 1.29. The van der Waals surface area contributed by atoms with Crippen LogP contribution in [-0.4, -0.2) is 93.4 Å². The van der Waals surface area contributed by atoms with Crippen molar-refractivity contribution in [3.05, 3.63) is 83.4 Å². The van der Waals surface area contributed by atoms with Gasteiger partial charge < -0.3 is 35.1 Å². The van der Waals surface area contributed by atoms with Crippen molar-refractivity contribution in [2.45, 2.75) is 98.8 Å². The number of aromatic nitrogens is 3. The molecule has 2 aliphatic heterocycles. The monoisotopic (exact) mass is 802 g/mol. The zero-order valence-corrected chi connectivity index (χ0v) is 35.8. The van der Waals surface area contributed by atoms with E-state index in [1.165, 1.54) is 7.11 Å². The number of carbonyl (C=O) groups excluding carboxylic acids is 4. The van der Waals surface area contributed by atoms with E-state index in [0.717, 1.165) is 64.4 Å². The van der Waals surface area contributed by atoms with Crippen molar-refractivity contribution < 1.29 is 23.9 Å². The fourth-order valence-corrected chi connectivity index (χ4v) is 8.75. The van der Waals surface area contributed by atoms with Crippen molar-refractivity contribution >= 4 is 35.3 Å². The number of rotatable bonds is 10. The molecule has 1 aliphatic carbocycles. The molecule has 4 aromatic rings. The summed E-state index contributed by atoms with van der Waals surface area (Å²) in [5, 5.41) is 5.74. The molecule has 4 heterocycles. The van der Waals surface area contributed by atoms with E-state index in [4.69, 9.17) is 9.72 Å². The highest BCUT2D eigenvalue weighted by Crippen LogP contribution is 2.53. The number of carbonyl (C=O) groups is 4. The Morgan fingerprint density at radius 1 is 0.932 bits per heavy atom. The summed E-state index contributed by atoms with van der Waals surface area (Å²) in [6.07, 6.45) is 5.46. The highest BCUT2D eigenvalue weighted by molar-refractivity contribution is 6.04. The van der Waals surface area contributed by atoms with Gasteiger partial charge in [0.25, 0.3) is 5.91 Å². The van der Waals surface area contributed by atoms with E-state index in [-0.39, 0.29) is 53.1 Å². The van der Waals surface area contributed by atoms with E-state index in [1.54, 1.807) is 6.20 Å². The number of nitrogens with zero attached hydrogens (tertiary/aromatic N) is 5. The lowest BCUT2D eigenvalue weighted by Gasteiger charge is -2.45. The Balaban J connectivity index is 0.977. The average molecular weight is 803 g/mol. The van der Waals surface area contributed by atoms with Crippen LogP contribution >= 0.6 is 0 Å². The van der Waals surface area contributed by atoms with Gasteiger partial charge in [0.05, 0.1) is 24.4 Å². The van der Waals surface area contributed by atoms with Crippen LogP contribution in [0.25, 0.3) is 22.4 Å². The van der Waals surface area contributed by atoms with Gasteiger partial charge in [0.1, 0.15) is 17.7 Å². The topological polar surface area (TPSA) is 153 Å². The molecular weight excluding hydrogens is 745 g/mol. The van der Waals surface area contributed by atoms with Gasteiger partial charge in [-0.15, -0.1) is 0 Å². The maximum absolute atomic E-state index is 13.6. The molecule has 0 bridgehead atoms. The van der Waals surface area contributed by atoms with E-state index in [1.807, 2.05) is 67.1 Å². The van der Waals surface area contributed by atoms with Gasteiger partial charge in [-0.3, -0.25) is 14.4 Å². The maximum atomic E-state index is 13.6. The van der Waals surface area contributed by atoms with Gasteiger partial charge in [0, 0.05) is 61.3 Å². The summed E-state index contributed by atoms with van der Waals surface area (Å²) in [6, 6.07) is 15.2. The predicted molar refractivity (Wildman–Crippen MR) is 229 cm³/mol. The summed E-state index contributed by atoms with van der Waals surface area (Å²) < 4.78 is 4.77. The third-order valence-corrected chi connectivity index (χ3v) is 12.5. The minimum Gasteiger partial charge on any atom is -0.453 e. The molecule has 7 rings (SSSR count). The number of aryl methyl sites for hydroxylation is 2. The first kappa shape index (κ1) is 41.4. The van der Waals surface area contributed by atoms with E-state index >= 15 is 0 Å². The predicted octanol–water partition coefficient (Wildman–Crippen LogP) is 7.52. The summed E-state index contributed by atoms with van der Waals surface area (Å²) in [5.41, 5.74) is 7.25. The van der Waals surface area contributed by atoms with E-state index in [0.29, 0.717) is 30.9 Å². The number of hydrogen-bond acceptors (Lipinski definition) is 8. The third-order valence-electron chi connectivity index (χ3n) is 12.5. The molecule has 13 nitrogen and oxygen atoms in total. The molecular formula is C46H58N8O5. The van der Waals surface area contributed by atoms with Crippen LogP contribution in [0.2, 0.25) is 0 Å². The first-order valence-corrected chi connectivity index (χ1v) is 20.8. The normalized spacial score (nSPS) is 21.6. The minimum atomic E-state index is -0.693. The largest absolute Gasteiger partial charge is 0.453 e. The standard InChI is InChI=1S/C46H58N8O5/c1-26(2)40(51-45(58)59-9)44(57)52-18-10-11-38(52)41-48-23-37(50-41)31-12-15-34(27(3)19-31)35-16-14-33(20-28(35)4)49-42(55)32-13-17-39(47-22-32)53-24-30(6)54(25-29(53)5)43(56)36-21-46(36,7)8/h12-17,19-20,22-23,26,29-30,36,38,40H,10-11,18,21,24-25H2,1-9H3,(H,48,50)(H,49,55)(H,51,58)/t29-,30+,36-,38?,40+/m1/s1. The van der Waals surface area contributed by atoms with Crippen molar-refractivity contribution in [2.24, 2.45) is 17.3 Å². The molecule has 5 atom stereocenters. The van der Waals surface area contributed by atoms with Gasteiger partial charge >= 0.3 is 6.09 Å². The number of methoxy groups -OCH3 is 1. The number of nitrogens with one attached hydrogen (secondary N) is 3. The quantitative estimate of drug-likeness (QED) is 0.149. The van der Waals surface area contributed by atoms with Crippen molar-refractivity contribution in [3.8, 4) is 22.4 Å². The van der Waals surface area contributed by atoms with Crippen LogP contribution in [0, 0.1) is 31.1 Å². The first-order valence-electron chi connectivity index (χ1n) is 20.8. The lowest BCUT2D eigenvalue weighted by molar-refractivity contribution is -0.136. The second kappa shape index (κ2) is 16.5. The SMILES string of the molecule is COC(=O)N[C@H](C(=O)N1CCCC1c1nc(-c2ccc(-c3ccc(NC(=O)c4ccc(N5C[C@H](C)N(C(=O)[C@H]6CC6(C)C)C[C@H]5C)nc4)cc3C)c(C)c2)c[nH]1)C(C)C. The lowest BCUT2D eigenvalue weighted by atomic mass is 9.94. The molecule has 2 saturated heterocycles. The fourth-order valence-electron chi connectivity index (χ4n) is 8.75. The first-order chi connectivity index (χ1) is 28.1. The summed E-state index contributed by atoms with van der Waals surface area (Å²) in [5.74, 6) is 1.42. The number of aromatic amines is 1. The molecule has 3 N–H and O–H groups in total. The zero-order chi connectivity index (χ0) is 42.3. The van der Waals surface area contributed by atoms with Gasteiger partial charge in [0.15, 0.2) is 0 Å². The number of pyridine rings is 1. The second-order valence-electron chi connectivity index (χ2n) is 17.7. The summed E-state index contributed by atoms with van der Waals surface area (Å²) in [6.45, 7) is 18.4. The van der Waals surface area contributed by atoms with Gasteiger partial charge in [-0.2, -0.15) is 0 Å². The number of likely N-dealkylation sites (tertiary alicyclic amines) is 1. The number of benzene rings is 2. The fraction of sp³-hybridized carbons (Fsp3) is 0.478. The number of piperazine rings is 1. The third kappa shape index (κ3) is 8.56. The second-order valence-corrected chi connectivity index (χ2v) is 17.7. The summed E-state index contributed by atoms with van der Waals surface area (Å²) in [4.78, 5) is 71.1. The van der Waals surface area contributed by atoms with E-state index in [9.17, 15) is 19.2 Å². The summed E-state index contributed by atoms with van der Waals surface area (Å²) >= 11 is 0. The van der Waals surface area contributed by atoms with Crippen molar-refractivity contribution in [3.63, 3.8) is 0 Å². The average Bonchev–Trinajstić information content (AvgIpc) is 3.55. The highest BCUT2D eigenvalue weighted by Gasteiger charge is 2.53. The van der Waals surface area contributed by atoms with Gasteiger partial charge in [-0.25, -0.2) is 14.8 Å². The maximum Gasteiger partial charge on any atom is 0.407 e. The van der Waals surface area contributed by atoms with Crippen LogP contribution in [0.1, 0.15) is 94.2 Å². The van der Waals surface area contributed by atoms with E-state index < -0.39 is 12.1 Å². The van der Waals surface area contributed by atoms with E-state index in [2.05, 4.69) is 78.3 Å². The zero-order valence-electron chi connectivity index (χ0n) is 35.8. The number of ether oxygens (including phenoxy) is 1. The van der Waals surface area contributed by atoms with Crippen molar-refractivity contribution in [1.82, 2.24) is 30.1 Å². The van der Waals surface area contributed by atoms with Gasteiger partial charge in [-0.1, -0.05) is 45.9 Å². The van der Waals surface area contributed by atoms with Crippen LogP contribution in [0.4, 0.5) is 16.3 Å². The van der Waals surface area contributed by atoms with Crippen LogP contribution in [0.3, 0.4) is 0 Å². The van der Waals surface area contributed by atoms with Crippen LogP contribution in [-0.2, 0) is 14.3 Å². The van der Waals surface area contributed by atoms with Crippen LogP contribution in [0.15, 0.2) is 60.9 Å². The lowest BCUT2D eigenvalue weighted by Crippen LogP contribution is -2.59. The molecule has 4 amide bonds. The molecule has 312 valence electrons. The number of hydrogen-bond donors (Lipinski definition) is 3. The molecule has 59 heavy (non-hydrogen) atoms. The Hall–Kier alpha value is -5.72. The molecule has 0 spiro atoms. The molecule has 1 saturated carbocycles. The number of amides is 4. The Morgan fingerprint density at radius 2 is 1.64 bits per heavy atom.